The van der Waals surface area contributed by atoms with Crippen molar-refractivity contribution in [2.24, 2.45) is 11.7 Å². The van der Waals surface area contributed by atoms with Gasteiger partial charge in [-0.15, -0.1) is 0 Å². The molecule has 1 amide bonds. The van der Waals surface area contributed by atoms with Crippen LogP contribution in [0.15, 0.2) is 59.4 Å². The molecule has 28 heavy (non-hydrogen) atoms. The number of nitrogens with zero attached hydrogens (tertiary/aromatic N) is 3. The number of benzene rings is 1. The van der Waals surface area contributed by atoms with E-state index in [1.54, 1.807) is 12.3 Å². The van der Waals surface area contributed by atoms with Gasteiger partial charge in [0.25, 0.3) is 0 Å². The normalized spacial score (nSPS) is 23.0. The zero-order valence-corrected chi connectivity index (χ0v) is 16.3. The Bertz CT molecular complexity index is 963. The molecule has 1 fully saturated rings. The Morgan fingerprint density at radius 3 is 2.89 bits per heavy atom. The average molecular weight is 378 g/mol. The summed E-state index contributed by atoms with van der Waals surface area (Å²) >= 11 is 0. The number of aromatic nitrogens is 2. The molecule has 2 N–H and O–H groups in total. The highest BCUT2D eigenvalue weighted by Crippen LogP contribution is 2.40. The highest BCUT2D eigenvalue weighted by Gasteiger charge is 2.38. The van der Waals surface area contributed by atoms with Crippen LogP contribution in [0.25, 0.3) is 5.82 Å². The zero-order valence-electron chi connectivity index (χ0n) is 16.3. The van der Waals surface area contributed by atoms with Crippen LogP contribution in [0.5, 0.6) is 0 Å². The summed E-state index contributed by atoms with van der Waals surface area (Å²) in [5.74, 6) is 0.877. The van der Waals surface area contributed by atoms with Crippen LogP contribution >= 0.6 is 0 Å². The molecule has 1 saturated heterocycles. The monoisotopic (exact) mass is 378 g/mol. The smallest absolute Gasteiger partial charge is 0.248 e. The molecule has 0 aliphatic carbocycles. The van der Waals surface area contributed by atoms with E-state index in [0.717, 1.165) is 31.9 Å². The molecule has 1 aliphatic rings. The van der Waals surface area contributed by atoms with Crippen molar-refractivity contribution >= 4 is 5.91 Å². The SMILES string of the molecule is CC1CN(Cc2cccn2-c2ccon2)CCC1(C)c1cccc(C(N)=O)c1. The van der Waals surface area contributed by atoms with E-state index in [0.29, 0.717) is 11.5 Å². The number of likely N-dealkylation sites (tertiary alicyclic amines) is 1. The van der Waals surface area contributed by atoms with E-state index in [9.17, 15) is 4.79 Å². The van der Waals surface area contributed by atoms with Crippen molar-refractivity contribution < 1.29 is 9.32 Å². The number of primary amides is 1. The summed E-state index contributed by atoms with van der Waals surface area (Å²) in [5.41, 5.74) is 8.48. The van der Waals surface area contributed by atoms with E-state index >= 15 is 0 Å². The molecule has 4 rings (SSSR count). The summed E-state index contributed by atoms with van der Waals surface area (Å²) in [6.45, 7) is 7.43. The van der Waals surface area contributed by atoms with Crippen LogP contribution in [0, 0.1) is 5.92 Å². The standard InChI is InChI=1S/C22H26N4O2/c1-16-14-25(15-19-7-4-10-26(19)20-8-12-28-24-20)11-9-22(16,2)18-6-3-5-17(13-18)21(23)27/h3-8,10,12-13,16H,9,11,14-15H2,1-2H3,(H2,23,27). The molecule has 1 aromatic carbocycles. The minimum Gasteiger partial charge on any atom is -0.366 e. The lowest BCUT2D eigenvalue weighted by Gasteiger charge is -2.45. The Balaban J connectivity index is 1.50. The third-order valence-corrected chi connectivity index (χ3v) is 6.26. The van der Waals surface area contributed by atoms with Crippen LogP contribution in [0.3, 0.4) is 0 Å². The van der Waals surface area contributed by atoms with Crippen molar-refractivity contribution in [2.75, 3.05) is 13.1 Å². The third-order valence-electron chi connectivity index (χ3n) is 6.26. The number of piperidine rings is 1. The van der Waals surface area contributed by atoms with E-state index in [4.69, 9.17) is 10.3 Å². The number of amides is 1. The fraction of sp³-hybridized carbons (Fsp3) is 0.364. The van der Waals surface area contributed by atoms with Gasteiger partial charge in [0.1, 0.15) is 6.26 Å². The molecular weight excluding hydrogens is 352 g/mol. The van der Waals surface area contributed by atoms with Gasteiger partial charge >= 0.3 is 0 Å². The number of rotatable bonds is 5. The minimum absolute atomic E-state index is 0.0239. The van der Waals surface area contributed by atoms with E-state index < -0.39 is 0 Å². The van der Waals surface area contributed by atoms with Crippen molar-refractivity contribution in [3.05, 3.63) is 71.7 Å². The fourth-order valence-corrected chi connectivity index (χ4v) is 4.25. The van der Waals surface area contributed by atoms with Crippen molar-refractivity contribution in [3.63, 3.8) is 0 Å². The second-order valence-corrected chi connectivity index (χ2v) is 7.98. The maximum absolute atomic E-state index is 11.6. The Hall–Kier alpha value is -2.86. The maximum Gasteiger partial charge on any atom is 0.248 e. The first-order valence-corrected chi connectivity index (χ1v) is 9.67. The van der Waals surface area contributed by atoms with Gasteiger partial charge in [-0.25, -0.2) is 0 Å². The lowest BCUT2D eigenvalue weighted by Crippen LogP contribution is -2.47. The van der Waals surface area contributed by atoms with Gasteiger partial charge in [-0.2, -0.15) is 0 Å². The first kappa shape index (κ1) is 18.5. The van der Waals surface area contributed by atoms with Gasteiger partial charge in [0.15, 0.2) is 5.82 Å². The summed E-state index contributed by atoms with van der Waals surface area (Å²) in [4.78, 5) is 14.1. The molecule has 0 saturated carbocycles. The molecule has 2 unspecified atom stereocenters. The Morgan fingerprint density at radius 2 is 2.18 bits per heavy atom. The molecule has 2 atom stereocenters. The summed E-state index contributed by atoms with van der Waals surface area (Å²) in [5, 5.41) is 4.04. The maximum atomic E-state index is 11.6. The van der Waals surface area contributed by atoms with Gasteiger partial charge in [0, 0.05) is 36.6 Å². The Kier molecular flexibility index (Phi) is 4.81. The van der Waals surface area contributed by atoms with Crippen LogP contribution in [-0.2, 0) is 12.0 Å². The number of carbonyl (C=O) groups is 1. The zero-order chi connectivity index (χ0) is 19.7. The Labute approximate surface area is 164 Å². The van der Waals surface area contributed by atoms with Crippen molar-refractivity contribution in [2.45, 2.75) is 32.2 Å². The van der Waals surface area contributed by atoms with Gasteiger partial charge in [0.05, 0.1) is 0 Å². The fourth-order valence-electron chi connectivity index (χ4n) is 4.25. The van der Waals surface area contributed by atoms with Gasteiger partial charge in [0.2, 0.25) is 5.91 Å². The third kappa shape index (κ3) is 3.36. The molecule has 0 bridgehead atoms. The number of hydrogen-bond acceptors (Lipinski definition) is 4. The summed E-state index contributed by atoms with van der Waals surface area (Å²) < 4.78 is 7.05. The predicted octanol–water partition coefficient (Wildman–Crippen LogP) is 3.36. The highest BCUT2D eigenvalue weighted by atomic mass is 16.5. The first-order valence-electron chi connectivity index (χ1n) is 9.67. The summed E-state index contributed by atoms with van der Waals surface area (Å²) in [7, 11) is 0. The van der Waals surface area contributed by atoms with Crippen molar-refractivity contribution in [3.8, 4) is 5.82 Å². The van der Waals surface area contributed by atoms with Crippen molar-refractivity contribution in [1.82, 2.24) is 14.6 Å². The topological polar surface area (TPSA) is 77.3 Å². The van der Waals surface area contributed by atoms with Gasteiger partial charge < -0.3 is 14.8 Å². The second-order valence-electron chi connectivity index (χ2n) is 7.98. The summed E-state index contributed by atoms with van der Waals surface area (Å²) in [6, 6.07) is 13.8. The van der Waals surface area contributed by atoms with Crippen molar-refractivity contribution in [1.29, 1.82) is 0 Å². The van der Waals surface area contributed by atoms with E-state index in [-0.39, 0.29) is 11.3 Å². The van der Waals surface area contributed by atoms with E-state index in [1.807, 2.05) is 30.5 Å². The van der Waals surface area contributed by atoms with Crippen LogP contribution in [0.1, 0.15) is 41.9 Å². The summed E-state index contributed by atoms with van der Waals surface area (Å²) in [6.07, 6.45) is 4.63. The largest absolute Gasteiger partial charge is 0.366 e. The predicted molar refractivity (Wildman–Crippen MR) is 107 cm³/mol. The molecule has 3 aromatic rings. The molecule has 2 aromatic heterocycles. The molecular formula is C22H26N4O2. The number of nitrogens with two attached hydrogens (primary N) is 1. The van der Waals surface area contributed by atoms with Gasteiger partial charge in [-0.3, -0.25) is 9.69 Å². The molecule has 6 heteroatoms. The molecule has 3 heterocycles. The van der Waals surface area contributed by atoms with E-state index in [1.165, 1.54) is 11.3 Å². The molecule has 0 spiro atoms. The molecule has 6 nitrogen and oxygen atoms in total. The van der Waals surface area contributed by atoms with Gasteiger partial charge in [-0.1, -0.05) is 31.1 Å². The number of hydrogen-bond donors (Lipinski definition) is 1. The lowest BCUT2D eigenvalue weighted by atomic mass is 9.68. The first-order chi connectivity index (χ1) is 13.5. The van der Waals surface area contributed by atoms with Gasteiger partial charge in [-0.05, 0) is 54.1 Å². The molecule has 146 valence electrons. The molecule has 0 radical (unpaired) electrons. The van der Waals surface area contributed by atoms with Crippen LogP contribution in [-0.4, -0.2) is 33.6 Å². The van der Waals surface area contributed by atoms with Crippen LogP contribution in [0.4, 0.5) is 0 Å². The lowest BCUT2D eigenvalue weighted by molar-refractivity contribution is 0.0994. The highest BCUT2D eigenvalue weighted by molar-refractivity contribution is 5.92. The van der Waals surface area contributed by atoms with Crippen LogP contribution in [0.2, 0.25) is 0 Å². The minimum atomic E-state index is -0.371. The van der Waals surface area contributed by atoms with E-state index in [2.05, 4.69) is 40.6 Å². The second kappa shape index (κ2) is 7.28. The molecule has 1 aliphatic heterocycles. The van der Waals surface area contributed by atoms with Crippen LogP contribution < -0.4 is 5.73 Å². The quantitative estimate of drug-likeness (QED) is 0.738. The Morgan fingerprint density at radius 1 is 1.32 bits per heavy atom. The number of carbonyl (C=O) groups excluding carboxylic acids is 1. The average Bonchev–Trinajstić information content (AvgIpc) is 3.36.